The van der Waals surface area contributed by atoms with E-state index in [1.165, 1.54) is 0 Å². The minimum absolute atomic E-state index is 0.00205. The zero-order valence-electron chi connectivity index (χ0n) is 16.7. The molecule has 0 radical (unpaired) electrons. The molecule has 0 aliphatic carbocycles. The summed E-state index contributed by atoms with van der Waals surface area (Å²) in [6, 6.07) is 17.0. The number of fused-ring (bicyclic) bond motifs is 1. The minimum Gasteiger partial charge on any atom is -0.481 e. The number of hydrogen-bond acceptors (Lipinski definition) is 5. The van der Waals surface area contributed by atoms with Crippen molar-refractivity contribution in [1.82, 2.24) is 15.0 Å². The Morgan fingerprint density at radius 2 is 1.52 bits per heavy atom. The zero-order chi connectivity index (χ0) is 22.5. The van der Waals surface area contributed by atoms with Crippen LogP contribution in [0.5, 0.6) is 0 Å². The van der Waals surface area contributed by atoms with E-state index in [1.807, 2.05) is 36.4 Å². The molecule has 0 amide bonds. The van der Waals surface area contributed by atoms with Gasteiger partial charge in [0.25, 0.3) is 5.97 Å². The Morgan fingerprint density at radius 1 is 0.935 bits per heavy atom. The van der Waals surface area contributed by atoms with Crippen molar-refractivity contribution in [2.45, 2.75) is 6.92 Å². The van der Waals surface area contributed by atoms with Crippen LogP contribution in [-0.2, 0) is 4.79 Å². The van der Waals surface area contributed by atoms with Gasteiger partial charge in [-0.15, -0.1) is 0 Å². The molecule has 156 valence electrons. The third kappa shape index (κ3) is 5.10. The SMILES string of the molecule is CC(=O)O.N=C(N)c1ccc(-c2ccc(-c3nc4cc(C(=N)N)ccc4[nH]3)cc2)nc1. The van der Waals surface area contributed by atoms with Gasteiger partial charge in [0.2, 0.25) is 0 Å². The number of nitrogens with one attached hydrogen (secondary N) is 3. The van der Waals surface area contributed by atoms with Gasteiger partial charge in [-0.2, -0.15) is 0 Å². The molecular weight excluding hydrogens is 394 g/mol. The Kier molecular flexibility index (Phi) is 6.06. The highest BCUT2D eigenvalue weighted by Crippen LogP contribution is 2.24. The van der Waals surface area contributed by atoms with Crippen molar-refractivity contribution in [3.05, 3.63) is 71.9 Å². The molecule has 0 fully saturated rings. The van der Waals surface area contributed by atoms with Crippen LogP contribution in [0.1, 0.15) is 18.1 Å². The van der Waals surface area contributed by atoms with Crippen LogP contribution < -0.4 is 11.5 Å². The van der Waals surface area contributed by atoms with E-state index in [1.54, 1.807) is 24.4 Å². The number of amidine groups is 2. The smallest absolute Gasteiger partial charge is 0.300 e. The van der Waals surface area contributed by atoms with Crippen molar-refractivity contribution in [2.24, 2.45) is 11.5 Å². The number of hydrogen-bond donors (Lipinski definition) is 6. The molecule has 0 aliphatic heterocycles. The molecule has 9 nitrogen and oxygen atoms in total. The maximum atomic E-state index is 9.00. The molecule has 2 aromatic heterocycles. The molecule has 2 heterocycles. The molecule has 0 unspecified atom stereocenters. The lowest BCUT2D eigenvalue weighted by Gasteiger charge is -2.04. The standard InChI is InChI=1S/C20H17N7.C2H4O2/c21-18(22)13-5-8-16-17(9-13)27-20(26-16)12-3-1-11(2-4-12)15-7-6-14(10-25-15)19(23)24;1-2(3)4/h1-10H,(H3,21,22)(H3,23,24)(H,26,27);1H3,(H,3,4). The highest BCUT2D eigenvalue weighted by atomic mass is 16.4. The number of imidazole rings is 1. The number of rotatable bonds is 4. The number of benzene rings is 2. The van der Waals surface area contributed by atoms with E-state index < -0.39 is 5.97 Å². The second kappa shape index (κ2) is 8.87. The number of pyridine rings is 1. The van der Waals surface area contributed by atoms with Crippen molar-refractivity contribution in [1.29, 1.82) is 10.8 Å². The second-order valence-corrected chi connectivity index (χ2v) is 6.67. The molecule has 0 bridgehead atoms. The second-order valence-electron chi connectivity index (χ2n) is 6.67. The van der Waals surface area contributed by atoms with Gasteiger partial charge in [-0.3, -0.25) is 20.6 Å². The molecule has 0 atom stereocenters. The number of nitrogen functional groups attached to an aromatic ring is 2. The van der Waals surface area contributed by atoms with Crippen LogP contribution in [0.2, 0.25) is 0 Å². The van der Waals surface area contributed by atoms with Gasteiger partial charge in [0.1, 0.15) is 17.5 Å². The molecular formula is C22H21N7O2. The van der Waals surface area contributed by atoms with Gasteiger partial charge in [-0.1, -0.05) is 24.3 Å². The quantitative estimate of drug-likeness (QED) is 0.220. The van der Waals surface area contributed by atoms with E-state index in [9.17, 15) is 0 Å². The summed E-state index contributed by atoms with van der Waals surface area (Å²) in [7, 11) is 0. The largest absolute Gasteiger partial charge is 0.481 e. The molecule has 31 heavy (non-hydrogen) atoms. The van der Waals surface area contributed by atoms with Gasteiger partial charge in [0.15, 0.2) is 0 Å². The third-order valence-corrected chi connectivity index (χ3v) is 4.32. The summed E-state index contributed by atoms with van der Waals surface area (Å²) in [5.74, 6) is -0.0616. The first-order valence-electron chi connectivity index (χ1n) is 9.19. The monoisotopic (exact) mass is 415 g/mol. The summed E-state index contributed by atoms with van der Waals surface area (Å²) < 4.78 is 0. The van der Waals surface area contributed by atoms with E-state index in [2.05, 4.69) is 15.0 Å². The van der Waals surface area contributed by atoms with Gasteiger partial charge in [0, 0.05) is 35.4 Å². The molecule has 0 spiro atoms. The summed E-state index contributed by atoms with van der Waals surface area (Å²) >= 11 is 0. The molecule has 9 heteroatoms. The lowest BCUT2D eigenvalue weighted by atomic mass is 10.1. The number of nitrogens with two attached hydrogens (primary N) is 2. The molecule has 0 saturated heterocycles. The summed E-state index contributed by atoms with van der Waals surface area (Å²) in [4.78, 5) is 21.2. The molecule has 0 aliphatic rings. The van der Waals surface area contributed by atoms with Crippen LogP contribution in [0.4, 0.5) is 0 Å². The van der Waals surface area contributed by atoms with E-state index in [0.29, 0.717) is 11.1 Å². The third-order valence-electron chi connectivity index (χ3n) is 4.32. The van der Waals surface area contributed by atoms with Crippen LogP contribution in [0.15, 0.2) is 60.8 Å². The Labute approximate surface area is 177 Å². The highest BCUT2D eigenvalue weighted by molar-refractivity contribution is 5.98. The van der Waals surface area contributed by atoms with Gasteiger partial charge in [-0.25, -0.2) is 4.98 Å². The van der Waals surface area contributed by atoms with E-state index in [0.717, 1.165) is 40.6 Å². The first kappa shape index (κ1) is 21.2. The number of H-pyrrole nitrogens is 1. The topological polar surface area (TPSA) is 179 Å². The zero-order valence-corrected chi connectivity index (χ0v) is 16.7. The lowest BCUT2D eigenvalue weighted by molar-refractivity contribution is -0.134. The average molecular weight is 415 g/mol. The number of aliphatic carboxylic acids is 1. The van der Waals surface area contributed by atoms with Crippen LogP contribution in [-0.4, -0.2) is 37.7 Å². The molecule has 0 saturated carbocycles. The predicted molar refractivity (Wildman–Crippen MR) is 120 cm³/mol. The average Bonchev–Trinajstić information content (AvgIpc) is 3.17. The van der Waals surface area contributed by atoms with Crippen LogP contribution >= 0.6 is 0 Å². The predicted octanol–water partition coefficient (Wildman–Crippen LogP) is 2.95. The maximum Gasteiger partial charge on any atom is 0.300 e. The summed E-state index contributed by atoms with van der Waals surface area (Å²) in [5, 5.41) is 22.4. The van der Waals surface area contributed by atoms with Crippen LogP contribution in [0.25, 0.3) is 33.7 Å². The van der Waals surface area contributed by atoms with Crippen LogP contribution in [0.3, 0.4) is 0 Å². The molecule has 8 N–H and O–H groups in total. The molecule has 4 rings (SSSR count). The summed E-state index contributed by atoms with van der Waals surface area (Å²) in [6.45, 7) is 1.08. The van der Waals surface area contributed by atoms with Crippen LogP contribution in [0, 0.1) is 10.8 Å². The Balaban J connectivity index is 0.000000628. The van der Waals surface area contributed by atoms with Crippen molar-refractivity contribution in [3.63, 3.8) is 0 Å². The van der Waals surface area contributed by atoms with Crippen molar-refractivity contribution in [2.75, 3.05) is 0 Å². The first-order chi connectivity index (χ1) is 14.7. The first-order valence-corrected chi connectivity index (χ1v) is 9.19. The fourth-order valence-corrected chi connectivity index (χ4v) is 2.83. The molecule has 2 aromatic carbocycles. The normalized spacial score (nSPS) is 10.2. The fourth-order valence-electron chi connectivity index (χ4n) is 2.83. The number of carboxylic acid groups (broad SMARTS) is 1. The van der Waals surface area contributed by atoms with Gasteiger partial charge < -0.3 is 21.6 Å². The van der Waals surface area contributed by atoms with E-state index in [-0.39, 0.29) is 11.7 Å². The highest BCUT2D eigenvalue weighted by Gasteiger charge is 2.08. The van der Waals surface area contributed by atoms with E-state index in [4.69, 9.17) is 32.2 Å². The van der Waals surface area contributed by atoms with Gasteiger partial charge >= 0.3 is 0 Å². The molecule has 4 aromatic rings. The fraction of sp³-hybridized carbons (Fsp3) is 0.0455. The van der Waals surface area contributed by atoms with Crippen molar-refractivity contribution < 1.29 is 9.90 Å². The number of carbonyl (C=O) groups is 1. The minimum atomic E-state index is -0.833. The van der Waals surface area contributed by atoms with Gasteiger partial charge in [-0.05, 0) is 30.3 Å². The maximum absolute atomic E-state index is 9.00. The summed E-state index contributed by atoms with van der Waals surface area (Å²) in [6.07, 6.45) is 1.59. The number of aromatic nitrogens is 3. The Hall–Kier alpha value is -4.53. The summed E-state index contributed by atoms with van der Waals surface area (Å²) in [5.41, 5.74) is 16.6. The number of carboxylic acids is 1. The Bertz CT molecular complexity index is 1260. The number of aromatic amines is 1. The van der Waals surface area contributed by atoms with E-state index >= 15 is 0 Å². The van der Waals surface area contributed by atoms with Crippen molar-refractivity contribution in [3.8, 4) is 22.6 Å². The van der Waals surface area contributed by atoms with Crippen molar-refractivity contribution >= 4 is 28.7 Å². The lowest BCUT2D eigenvalue weighted by Crippen LogP contribution is -2.11. The van der Waals surface area contributed by atoms with Gasteiger partial charge in [0.05, 0.1) is 16.7 Å². The Morgan fingerprint density at radius 3 is 2.06 bits per heavy atom. The number of nitrogens with zero attached hydrogens (tertiary/aromatic N) is 2.